The Bertz CT molecular complexity index is 1350. The van der Waals surface area contributed by atoms with Crippen LogP contribution in [0, 0.1) is 0 Å². The molecule has 1 aliphatic heterocycles. The van der Waals surface area contributed by atoms with Crippen molar-refractivity contribution in [2.75, 3.05) is 51.3 Å². The fourth-order valence-electron chi connectivity index (χ4n) is 5.62. The molecule has 22 nitrogen and oxygen atoms in total. The predicted molar refractivity (Wildman–Crippen MR) is 208 cm³/mol. The zero-order valence-electron chi connectivity index (χ0n) is 31.4. The van der Waals surface area contributed by atoms with Crippen molar-refractivity contribution in [1.82, 2.24) is 31.5 Å². The summed E-state index contributed by atoms with van der Waals surface area (Å²) in [4.78, 5) is 99.8. The van der Waals surface area contributed by atoms with Gasteiger partial charge in [-0.15, -0.1) is 0 Å². The molecule has 0 bridgehead atoms. The molecule has 18 N–H and O–H groups in total. The summed E-state index contributed by atoms with van der Waals surface area (Å²) in [6.45, 7) is -0.0453. The Hall–Kier alpha value is -4.90. The summed E-state index contributed by atoms with van der Waals surface area (Å²) in [6.07, 6.45) is 4.60. The maximum absolute atomic E-state index is 14.0. The molecule has 1 fully saturated rings. The molecule has 6 amide bonds. The molecule has 0 aromatic carbocycles. The quantitative estimate of drug-likeness (QED) is 0.0210. The molecule has 0 aromatic heterocycles. The van der Waals surface area contributed by atoms with E-state index in [0.717, 1.165) is 0 Å². The second-order valence-corrected chi connectivity index (χ2v) is 13.8. The van der Waals surface area contributed by atoms with Crippen LogP contribution < -0.4 is 61.0 Å². The number of carbonyl (C=O) groups excluding carboxylic acids is 6. The van der Waals surface area contributed by atoms with Crippen LogP contribution in [0.25, 0.3) is 0 Å². The number of hydrogen-bond acceptors (Lipinski definition) is 12. The first kappa shape index (κ1) is 48.1. The van der Waals surface area contributed by atoms with Crippen molar-refractivity contribution in [2.45, 2.75) is 94.4 Å². The van der Waals surface area contributed by atoms with E-state index in [2.05, 4.69) is 36.6 Å². The third-order valence-corrected chi connectivity index (χ3v) is 9.07. The number of nitrogens with two attached hydrogens (primary N) is 6. The maximum Gasteiger partial charge on any atom is 0.326 e. The Morgan fingerprint density at radius 1 is 0.745 bits per heavy atom. The number of rotatable bonds is 27. The summed E-state index contributed by atoms with van der Waals surface area (Å²) >= 11 is 1.46. The molecule has 1 aliphatic rings. The number of aliphatic imine (C=N–C) groups is 2. The average Bonchev–Trinajstić information content (AvgIpc) is 3.64. The molecule has 23 heteroatoms. The van der Waals surface area contributed by atoms with E-state index in [1.54, 1.807) is 0 Å². The lowest BCUT2D eigenvalue weighted by Crippen LogP contribution is -2.58. The van der Waals surface area contributed by atoms with Crippen molar-refractivity contribution in [3.63, 3.8) is 0 Å². The van der Waals surface area contributed by atoms with Crippen molar-refractivity contribution in [1.29, 1.82) is 0 Å². The van der Waals surface area contributed by atoms with E-state index in [1.165, 1.54) is 16.7 Å². The average molecular weight is 801 g/mol. The van der Waals surface area contributed by atoms with Gasteiger partial charge in [-0.25, -0.2) is 4.79 Å². The number of thioether (sulfide) groups is 1. The Morgan fingerprint density at radius 2 is 1.33 bits per heavy atom. The molecule has 1 rings (SSSR count). The van der Waals surface area contributed by atoms with E-state index in [-0.39, 0.29) is 83.0 Å². The third-order valence-electron chi connectivity index (χ3n) is 8.43. The van der Waals surface area contributed by atoms with Crippen molar-refractivity contribution < 1.29 is 38.7 Å². The van der Waals surface area contributed by atoms with Gasteiger partial charge >= 0.3 is 5.97 Å². The van der Waals surface area contributed by atoms with Crippen LogP contribution in [-0.4, -0.2) is 145 Å². The zero-order chi connectivity index (χ0) is 41.3. The van der Waals surface area contributed by atoms with Gasteiger partial charge in [0.2, 0.25) is 35.4 Å². The van der Waals surface area contributed by atoms with Gasteiger partial charge in [-0.05, 0) is 82.8 Å². The topological polar surface area (TPSA) is 384 Å². The normalized spacial score (nSPS) is 15.7. The second-order valence-electron chi connectivity index (χ2n) is 12.8. The number of carbonyl (C=O) groups is 7. The highest BCUT2D eigenvalue weighted by Crippen LogP contribution is 2.21. The Labute approximate surface area is 324 Å². The highest BCUT2D eigenvalue weighted by Gasteiger charge is 2.39. The van der Waals surface area contributed by atoms with Crippen LogP contribution >= 0.6 is 11.8 Å². The smallest absolute Gasteiger partial charge is 0.326 e. The van der Waals surface area contributed by atoms with E-state index < -0.39 is 78.2 Å². The molecule has 1 saturated heterocycles. The number of guanidine groups is 2. The molecule has 1 heterocycles. The molecule has 0 aliphatic carbocycles. The number of carboxylic acid groups (broad SMARTS) is 1. The van der Waals surface area contributed by atoms with Crippen LogP contribution in [0.3, 0.4) is 0 Å². The van der Waals surface area contributed by atoms with Crippen LogP contribution in [0.15, 0.2) is 9.98 Å². The summed E-state index contributed by atoms with van der Waals surface area (Å²) < 4.78 is 0. The maximum atomic E-state index is 14.0. The van der Waals surface area contributed by atoms with Crippen LogP contribution in [0.5, 0.6) is 0 Å². The monoisotopic (exact) mass is 800 g/mol. The number of nitrogens with zero attached hydrogens (tertiary/aromatic N) is 3. The molecule has 0 aromatic rings. The standard InChI is InChI=1S/C32H60N14O8S/c1-55-16-11-20(42-24(47)17-34)26(49)41-18-25(48)43-19(8-4-13-39-31(35)36)27(50)44-21(7-2-3-12-33)29(52)46-15-6-10-23(46)28(51)45-22(30(53)54)9-5-14-40-32(37)38/h19-23H,2-18,33-34H2,1H3,(H,41,49)(H,42,47)(H,43,48)(H,44,50)(H,45,51)(H,53,54)(H4,35,36,39)(H4,37,38,40)/t19-,20-,21-,22-,23-/m0/s1. The first-order valence-corrected chi connectivity index (χ1v) is 19.5. The molecule has 5 atom stereocenters. The Balaban J connectivity index is 3.15. The van der Waals surface area contributed by atoms with E-state index in [1.807, 2.05) is 6.26 Å². The minimum Gasteiger partial charge on any atom is -0.480 e. The van der Waals surface area contributed by atoms with E-state index in [0.29, 0.717) is 31.6 Å². The van der Waals surface area contributed by atoms with Gasteiger partial charge in [0.15, 0.2) is 11.9 Å². The SMILES string of the molecule is CSCC[C@H](NC(=O)CN)C(=O)NCC(=O)N[C@@H](CCCN=C(N)N)C(=O)N[C@@H](CCCCN)C(=O)N1CCC[C@H]1C(=O)N[C@@H](CCCN=C(N)N)C(=O)O. The Morgan fingerprint density at radius 3 is 1.89 bits per heavy atom. The summed E-state index contributed by atoms with van der Waals surface area (Å²) in [7, 11) is 0. The van der Waals surface area contributed by atoms with Crippen molar-refractivity contribution in [3.05, 3.63) is 0 Å². The summed E-state index contributed by atoms with van der Waals surface area (Å²) in [6, 6.07) is -5.49. The highest BCUT2D eigenvalue weighted by molar-refractivity contribution is 7.98. The molecule has 312 valence electrons. The van der Waals surface area contributed by atoms with Gasteiger partial charge in [-0.1, -0.05) is 0 Å². The molecule has 0 radical (unpaired) electrons. The van der Waals surface area contributed by atoms with Gasteiger partial charge in [-0.3, -0.25) is 38.8 Å². The van der Waals surface area contributed by atoms with E-state index >= 15 is 0 Å². The number of nitrogens with one attached hydrogen (secondary N) is 5. The Kier molecular flexibility index (Phi) is 23.5. The first-order chi connectivity index (χ1) is 26.1. The molecular weight excluding hydrogens is 741 g/mol. The number of unbranched alkanes of at least 4 members (excludes halogenated alkanes) is 1. The van der Waals surface area contributed by atoms with Gasteiger partial charge in [0.1, 0.15) is 30.2 Å². The van der Waals surface area contributed by atoms with E-state index in [9.17, 15) is 38.7 Å². The van der Waals surface area contributed by atoms with Gasteiger partial charge in [0.25, 0.3) is 0 Å². The van der Waals surface area contributed by atoms with Crippen molar-refractivity contribution in [3.8, 4) is 0 Å². The lowest BCUT2D eigenvalue weighted by Gasteiger charge is -2.30. The number of hydrogen-bond donors (Lipinski definition) is 12. The lowest BCUT2D eigenvalue weighted by molar-refractivity contribution is -0.145. The predicted octanol–water partition coefficient (Wildman–Crippen LogP) is -4.93. The van der Waals surface area contributed by atoms with Gasteiger partial charge in [0.05, 0.1) is 13.1 Å². The van der Waals surface area contributed by atoms with Gasteiger partial charge in [-0.2, -0.15) is 11.8 Å². The van der Waals surface area contributed by atoms with Gasteiger partial charge in [0, 0.05) is 19.6 Å². The molecule has 55 heavy (non-hydrogen) atoms. The van der Waals surface area contributed by atoms with Crippen LogP contribution in [0.1, 0.15) is 64.2 Å². The number of aliphatic carboxylic acids is 1. The number of likely N-dealkylation sites (tertiary alicyclic amines) is 1. The lowest BCUT2D eigenvalue weighted by atomic mass is 10.0. The number of amides is 6. The highest BCUT2D eigenvalue weighted by atomic mass is 32.2. The fourth-order valence-corrected chi connectivity index (χ4v) is 6.09. The largest absolute Gasteiger partial charge is 0.480 e. The van der Waals surface area contributed by atoms with Gasteiger partial charge < -0.3 is 71.0 Å². The molecular formula is C32H60N14O8S. The second kappa shape index (κ2) is 26.8. The van der Waals surface area contributed by atoms with Crippen molar-refractivity contribution >= 4 is 65.1 Å². The van der Waals surface area contributed by atoms with Crippen LogP contribution in [-0.2, 0) is 33.6 Å². The third kappa shape index (κ3) is 19.3. The van der Waals surface area contributed by atoms with Crippen LogP contribution in [0.2, 0.25) is 0 Å². The van der Waals surface area contributed by atoms with Crippen molar-refractivity contribution in [2.24, 2.45) is 44.4 Å². The van der Waals surface area contributed by atoms with Crippen LogP contribution in [0.4, 0.5) is 0 Å². The first-order valence-electron chi connectivity index (χ1n) is 18.1. The zero-order valence-corrected chi connectivity index (χ0v) is 32.2. The van der Waals surface area contributed by atoms with E-state index in [4.69, 9.17) is 34.4 Å². The minimum absolute atomic E-state index is 0.0414. The summed E-state index contributed by atoms with van der Waals surface area (Å²) in [5, 5.41) is 22.5. The summed E-state index contributed by atoms with van der Waals surface area (Å²) in [5.41, 5.74) is 32.5. The molecule has 0 saturated carbocycles. The minimum atomic E-state index is -1.26. The summed E-state index contributed by atoms with van der Waals surface area (Å²) in [5.74, 6) is -4.83. The molecule has 0 unspecified atom stereocenters. The number of carboxylic acids is 1. The fraction of sp³-hybridized carbons (Fsp3) is 0.719. The molecule has 0 spiro atoms.